The van der Waals surface area contributed by atoms with Crippen LogP contribution in [0.15, 0.2) is 36.7 Å². The SMILES string of the molecule is CC(NCC(O)c1ccc(Cl)cc1Cl)c1cncc(F)c1. The Kier molecular flexibility index (Phi) is 5.53. The van der Waals surface area contributed by atoms with Crippen molar-refractivity contribution in [1.29, 1.82) is 0 Å². The summed E-state index contributed by atoms with van der Waals surface area (Å²) in [5.41, 5.74) is 1.31. The van der Waals surface area contributed by atoms with E-state index in [2.05, 4.69) is 10.3 Å². The Labute approximate surface area is 132 Å². The van der Waals surface area contributed by atoms with E-state index < -0.39 is 6.10 Å². The molecule has 112 valence electrons. The van der Waals surface area contributed by atoms with Gasteiger partial charge in [-0.05, 0) is 30.7 Å². The summed E-state index contributed by atoms with van der Waals surface area (Å²) in [4.78, 5) is 3.80. The van der Waals surface area contributed by atoms with Gasteiger partial charge in [-0.2, -0.15) is 0 Å². The van der Waals surface area contributed by atoms with Gasteiger partial charge in [0.25, 0.3) is 0 Å². The van der Waals surface area contributed by atoms with E-state index in [0.29, 0.717) is 21.2 Å². The van der Waals surface area contributed by atoms with Gasteiger partial charge in [0, 0.05) is 34.4 Å². The standard InChI is InChI=1S/C15H15Cl2FN2O/c1-9(10-4-12(18)7-19-6-10)20-8-15(21)13-3-2-11(16)5-14(13)17/h2-7,9,15,20-21H,8H2,1H3. The largest absolute Gasteiger partial charge is 0.387 e. The summed E-state index contributed by atoms with van der Waals surface area (Å²) in [5, 5.41) is 14.2. The van der Waals surface area contributed by atoms with Crippen LogP contribution in [0.25, 0.3) is 0 Å². The smallest absolute Gasteiger partial charge is 0.141 e. The maximum atomic E-state index is 13.1. The van der Waals surface area contributed by atoms with Crippen molar-refractivity contribution in [1.82, 2.24) is 10.3 Å². The van der Waals surface area contributed by atoms with Gasteiger partial charge >= 0.3 is 0 Å². The highest BCUT2D eigenvalue weighted by molar-refractivity contribution is 6.35. The molecule has 0 radical (unpaired) electrons. The number of aliphatic hydroxyl groups is 1. The molecule has 2 N–H and O–H groups in total. The highest BCUT2D eigenvalue weighted by atomic mass is 35.5. The highest BCUT2D eigenvalue weighted by Crippen LogP contribution is 2.26. The number of hydrogen-bond donors (Lipinski definition) is 2. The van der Waals surface area contributed by atoms with Crippen molar-refractivity contribution in [2.75, 3.05) is 6.54 Å². The Hall–Kier alpha value is -1.20. The number of nitrogens with one attached hydrogen (secondary N) is 1. The number of aliphatic hydroxyl groups excluding tert-OH is 1. The molecule has 1 aromatic carbocycles. The van der Waals surface area contributed by atoms with Crippen LogP contribution < -0.4 is 5.32 Å². The Bertz CT molecular complexity index is 624. The summed E-state index contributed by atoms with van der Waals surface area (Å²) in [6.07, 6.45) is 1.96. The number of aromatic nitrogens is 1. The Morgan fingerprint density at radius 3 is 2.71 bits per heavy atom. The second kappa shape index (κ2) is 7.18. The molecule has 6 heteroatoms. The minimum absolute atomic E-state index is 0.145. The number of rotatable bonds is 5. The Morgan fingerprint density at radius 1 is 1.29 bits per heavy atom. The second-order valence-corrected chi connectivity index (χ2v) is 5.59. The van der Waals surface area contributed by atoms with Crippen molar-refractivity contribution in [3.05, 3.63) is 63.6 Å². The minimum Gasteiger partial charge on any atom is -0.387 e. The molecule has 0 aliphatic heterocycles. The van der Waals surface area contributed by atoms with Crippen molar-refractivity contribution in [3.8, 4) is 0 Å². The third-order valence-corrected chi connectivity index (χ3v) is 3.73. The molecule has 2 atom stereocenters. The van der Waals surface area contributed by atoms with Crippen LogP contribution in [0, 0.1) is 5.82 Å². The van der Waals surface area contributed by atoms with E-state index >= 15 is 0 Å². The first-order valence-corrected chi connectivity index (χ1v) is 7.20. The summed E-state index contributed by atoms with van der Waals surface area (Å²) in [6, 6.07) is 6.21. The van der Waals surface area contributed by atoms with E-state index in [4.69, 9.17) is 23.2 Å². The van der Waals surface area contributed by atoms with E-state index in [9.17, 15) is 9.50 Å². The molecule has 0 bridgehead atoms. The zero-order chi connectivity index (χ0) is 15.4. The number of nitrogens with zero attached hydrogens (tertiary/aromatic N) is 1. The van der Waals surface area contributed by atoms with Crippen molar-refractivity contribution in [2.45, 2.75) is 19.1 Å². The predicted molar refractivity (Wildman–Crippen MR) is 82.0 cm³/mol. The second-order valence-electron chi connectivity index (χ2n) is 4.75. The van der Waals surface area contributed by atoms with Crippen LogP contribution in [0.1, 0.15) is 30.2 Å². The van der Waals surface area contributed by atoms with Crippen LogP contribution in [-0.2, 0) is 0 Å². The van der Waals surface area contributed by atoms with E-state index in [1.54, 1.807) is 24.4 Å². The van der Waals surface area contributed by atoms with Gasteiger partial charge in [0.05, 0.1) is 12.3 Å². The third-order valence-electron chi connectivity index (χ3n) is 3.16. The summed E-state index contributed by atoms with van der Waals surface area (Å²) in [7, 11) is 0. The fourth-order valence-corrected chi connectivity index (χ4v) is 2.49. The topological polar surface area (TPSA) is 45.1 Å². The predicted octanol–water partition coefficient (Wildman–Crippen LogP) is 3.91. The Balaban J connectivity index is 1.99. The van der Waals surface area contributed by atoms with E-state index in [1.807, 2.05) is 6.92 Å². The molecule has 2 rings (SSSR count). The van der Waals surface area contributed by atoms with Crippen molar-refractivity contribution < 1.29 is 9.50 Å². The quantitative estimate of drug-likeness (QED) is 0.874. The fourth-order valence-electron chi connectivity index (χ4n) is 1.95. The summed E-state index contributed by atoms with van der Waals surface area (Å²) in [5.74, 6) is -0.387. The summed E-state index contributed by atoms with van der Waals surface area (Å²) < 4.78 is 13.1. The fraction of sp³-hybridized carbons (Fsp3) is 0.267. The Morgan fingerprint density at radius 2 is 2.05 bits per heavy atom. The minimum atomic E-state index is -0.779. The van der Waals surface area contributed by atoms with E-state index in [-0.39, 0.29) is 18.4 Å². The van der Waals surface area contributed by atoms with Crippen LogP contribution in [0.4, 0.5) is 4.39 Å². The van der Waals surface area contributed by atoms with Crippen LogP contribution in [-0.4, -0.2) is 16.6 Å². The molecule has 2 unspecified atom stereocenters. The molecular formula is C15H15Cl2FN2O. The normalized spacial score (nSPS) is 14.0. The molecular weight excluding hydrogens is 314 g/mol. The monoisotopic (exact) mass is 328 g/mol. The van der Waals surface area contributed by atoms with Crippen LogP contribution in [0.2, 0.25) is 10.0 Å². The molecule has 0 saturated carbocycles. The molecule has 1 heterocycles. The molecule has 2 aromatic rings. The summed E-state index contributed by atoms with van der Waals surface area (Å²) in [6.45, 7) is 2.14. The number of halogens is 3. The lowest BCUT2D eigenvalue weighted by atomic mass is 10.1. The van der Waals surface area contributed by atoms with E-state index in [1.165, 1.54) is 6.07 Å². The highest BCUT2D eigenvalue weighted by Gasteiger charge is 2.14. The molecule has 0 amide bonds. The van der Waals surface area contributed by atoms with Crippen molar-refractivity contribution >= 4 is 23.2 Å². The zero-order valence-electron chi connectivity index (χ0n) is 11.4. The van der Waals surface area contributed by atoms with Gasteiger partial charge in [-0.15, -0.1) is 0 Å². The average Bonchev–Trinajstić information content (AvgIpc) is 2.44. The molecule has 0 spiro atoms. The van der Waals surface area contributed by atoms with Crippen molar-refractivity contribution in [2.24, 2.45) is 0 Å². The van der Waals surface area contributed by atoms with Gasteiger partial charge in [0.2, 0.25) is 0 Å². The first-order valence-electron chi connectivity index (χ1n) is 6.44. The maximum Gasteiger partial charge on any atom is 0.141 e. The average molecular weight is 329 g/mol. The molecule has 21 heavy (non-hydrogen) atoms. The molecule has 3 nitrogen and oxygen atoms in total. The first-order chi connectivity index (χ1) is 9.97. The van der Waals surface area contributed by atoms with Gasteiger partial charge < -0.3 is 10.4 Å². The summed E-state index contributed by atoms with van der Waals surface area (Å²) >= 11 is 11.9. The molecule has 0 aliphatic rings. The van der Waals surface area contributed by atoms with Crippen LogP contribution in [0.3, 0.4) is 0 Å². The number of benzene rings is 1. The molecule has 0 aliphatic carbocycles. The maximum absolute atomic E-state index is 13.1. The molecule has 1 aromatic heterocycles. The van der Waals surface area contributed by atoms with Gasteiger partial charge in [0.1, 0.15) is 5.82 Å². The van der Waals surface area contributed by atoms with Gasteiger partial charge in [-0.3, -0.25) is 4.98 Å². The lowest BCUT2D eigenvalue weighted by Crippen LogP contribution is -2.25. The van der Waals surface area contributed by atoms with Gasteiger partial charge in [-0.1, -0.05) is 29.3 Å². The van der Waals surface area contributed by atoms with Crippen LogP contribution in [0.5, 0.6) is 0 Å². The van der Waals surface area contributed by atoms with E-state index in [0.717, 1.165) is 6.20 Å². The first kappa shape index (κ1) is 16.2. The molecule has 0 fully saturated rings. The van der Waals surface area contributed by atoms with Gasteiger partial charge in [-0.25, -0.2) is 4.39 Å². The zero-order valence-corrected chi connectivity index (χ0v) is 12.9. The number of hydrogen-bond acceptors (Lipinski definition) is 3. The lowest BCUT2D eigenvalue weighted by molar-refractivity contribution is 0.171. The third kappa shape index (κ3) is 4.38. The number of pyridine rings is 1. The molecule has 0 saturated heterocycles. The van der Waals surface area contributed by atoms with Crippen molar-refractivity contribution in [3.63, 3.8) is 0 Å². The van der Waals surface area contributed by atoms with Crippen LogP contribution >= 0.6 is 23.2 Å². The lowest BCUT2D eigenvalue weighted by Gasteiger charge is -2.18. The van der Waals surface area contributed by atoms with Gasteiger partial charge in [0.15, 0.2) is 0 Å².